The lowest BCUT2D eigenvalue weighted by Gasteiger charge is -2.20. The molecule has 2 aromatic heterocycles. The van der Waals surface area contributed by atoms with Gasteiger partial charge in [-0.25, -0.2) is 14.5 Å². The van der Waals surface area contributed by atoms with E-state index in [0.717, 1.165) is 46.5 Å². The number of anilines is 1. The second-order valence-electron chi connectivity index (χ2n) is 11.4. The van der Waals surface area contributed by atoms with Crippen LogP contribution in [0.1, 0.15) is 35.6 Å². The Morgan fingerprint density at radius 1 is 0.957 bits per heavy atom. The molecule has 1 aliphatic rings. The fourth-order valence-corrected chi connectivity index (χ4v) is 5.84. The molecule has 9 heteroatoms. The van der Waals surface area contributed by atoms with Crippen LogP contribution in [0.25, 0.3) is 16.9 Å². The molecule has 236 valence electrons. The van der Waals surface area contributed by atoms with Gasteiger partial charge in [-0.3, -0.25) is 5.32 Å². The number of carbonyl (C=O) groups excluding carboxylic acids is 1. The summed E-state index contributed by atoms with van der Waals surface area (Å²) in [6.45, 7) is 3.49. The molecular formula is C37H39N5O4. The van der Waals surface area contributed by atoms with Crippen molar-refractivity contribution in [3.05, 3.63) is 126 Å². The first-order valence-corrected chi connectivity index (χ1v) is 15.6. The molecule has 1 fully saturated rings. The third kappa shape index (κ3) is 7.44. The lowest BCUT2D eigenvalue weighted by molar-refractivity contribution is 0.0173. The van der Waals surface area contributed by atoms with Crippen molar-refractivity contribution >= 4 is 11.8 Å². The maximum Gasteiger partial charge on any atom is 0.320 e. The summed E-state index contributed by atoms with van der Waals surface area (Å²) in [4.78, 5) is 18.0. The van der Waals surface area contributed by atoms with Gasteiger partial charge in [-0.15, -0.1) is 0 Å². The SMILES string of the molecule is COCCC1C[C@@H](CNC(=O)Nc2c(C)c(-c3ccc(OCc4ccccc4)nc3)nn2-c2ccccc2)[C@H](c2ccccc2)O1. The summed E-state index contributed by atoms with van der Waals surface area (Å²) in [5, 5.41) is 11.1. The lowest BCUT2D eigenvalue weighted by Crippen LogP contribution is -2.34. The number of pyridine rings is 1. The van der Waals surface area contributed by atoms with Gasteiger partial charge in [0.2, 0.25) is 5.88 Å². The first kappa shape index (κ1) is 31.0. The van der Waals surface area contributed by atoms with E-state index in [1.165, 1.54) is 0 Å². The highest BCUT2D eigenvalue weighted by Gasteiger charge is 2.36. The van der Waals surface area contributed by atoms with Gasteiger partial charge in [-0.2, -0.15) is 5.10 Å². The first-order chi connectivity index (χ1) is 22.6. The molecular weight excluding hydrogens is 578 g/mol. The molecule has 9 nitrogen and oxygen atoms in total. The van der Waals surface area contributed by atoms with Crippen molar-refractivity contribution in [1.82, 2.24) is 20.1 Å². The summed E-state index contributed by atoms with van der Waals surface area (Å²) in [6.07, 6.45) is 3.38. The molecule has 0 spiro atoms. The summed E-state index contributed by atoms with van der Waals surface area (Å²) >= 11 is 0. The van der Waals surface area contributed by atoms with Gasteiger partial charge in [0.1, 0.15) is 12.4 Å². The van der Waals surface area contributed by atoms with Gasteiger partial charge < -0.3 is 19.5 Å². The third-order valence-corrected chi connectivity index (χ3v) is 8.22. The number of aromatic nitrogens is 3. The minimum absolute atomic E-state index is 0.0769. The molecule has 46 heavy (non-hydrogen) atoms. The average Bonchev–Trinajstić information content (AvgIpc) is 3.67. The summed E-state index contributed by atoms with van der Waals surface area (Å²) in [7, 11) is 1.70. The van der Waals surface area contributed by atoms with Gasteiger partial charge >= 0.3 is 6.03 Å². The van der Waals surface area contributed by atoms with Gasteiger partial charge in [-0.1, -0.05) is 78.9 Å². The number of rotatable bonds is 12. The predicted octanol–water partition coefficient (Wildman–Crippen LogP) is 7.13. The van der Waals surface area contributed by atoms with E-state index in [-0.39, 0.29) is 24.2 Å². The normalized spacial score (nSPS) is 17.5. The zero-order valence-corrected chi connectivity index (χ0v) is 26.1. The number of nitrogens with zero attached hydrogens (tertiary/aromatic N) is 3. The summed E-state index contributed by atoms with van der Waals surface area (Å²) in [6, 6.07) is 33.4. The van der Waals surface area contributed by atoms with E-state index in [0.29, 0.717) is 31.5 Å². The van der Waals surface area contributed by atoms with E-state index in [2.05, 4.69) is 27.8 Å². The van der Waals surface area contributed by atoms with Crippen LogP contribution in [0.5, 0.6) is 5.88 Å². The number of ether oxygens (including phenoxy) is 3. The highest BCUT2D eigenvalue weighted by atomic mass is 16.5. The smallest absolute Gasteiger partial charge is 0.320 e. The van der Waals surface area contributed by atoms with Gasteiger partial charge in [0.25, 0.3) is 0 Å². The Balaban J connectivity index is 1.17. The fraction of sp³-hybridized carbons (Fsp3) is 0.270. The molecule has 3 heterocycles. The van der Waals surface area contributed by atoms with Crippen molar-refractivity contribution in [2.45, 2.75) is 38.6 Å². The van der Waals surface area contributed by atoms with Gasteiger partial charge in [0, 0.05) is 49.6 Å². The summed E-state index contributed by atoms with van der Waals surface area (Å²) < 4.78 is 19.4. The standard InChI is InChI=1S/C37H39N5O4/c1-26-34(29-18-19-33(38-23-29)45-25-27-12-6-3-7-13-27)41-42(31-16-10-5-11-17-31)36(26)40-37(43)39-24-30-22-32(20-21-44-2)46-35(30)28-14-8-4-9-15-28/h3-19,23,30,32,35H,20-22,24-25H2,1-2H3,(H2,39,40,43)/t30-,32?,35-/m0/s1. The Bertz CT molecular complexity index is 1700. The van der Waals surface area contributed by atoms with Gasteiger partial charge in [-0.05, 0) is 49.1 Å². The van der Waals surface area contributed by atoms with Crippen LogP contribution >= 0.6 is 0 Å². The fourth-order valence-electron chi connectivity index (χ4n) is 5.84. The molecule has 1 aliphatic heterocycles. The Hall–Kier alpha value is -4.99. The van der Waals surface area contributed by atoms with E-state index in [1.807, 2.05) is 97.9 Å². The average molecular weight is 618 g/mol. The van der Waals surface area contributed by atoms with Crippen LogP contribution in [-0.4, -0.2) is 47.2 Å². The number of methoxy groups -OCH3 is 1. The van der Waals surface area contributed by atoms with E-state index in [9.17, 15) is 4.79 Å². The Labute approximate surface area is 269 Å². The molecule has 1 unspecified atom stereocenters. The first-order valence-electron chi connectivity index (χ1n) is 15.6. The number of para-hydroxylation sites is 1. The molecule has 3 atom stereocenters. The van der Waals surface area contributed by atoms with Crippen LogP contribution in [-0.2, 0) is 16.1 Å². The molecule has 2 N–H and O–H groups in total. The minimum atomic E-state index is -0.304. The predicted molar refractivity (Wildman–Crippen MR) is 178 cm³/mol. The Morgan fingerprint density at radius 2 is 1.67 bits per heavy atom. The third-order valence-electron chi connectivity index (χ3n) is 8.22. The number of nitrogens with one attached hydrogen (secondary N) is 2. The van der Waals surface area contributed by atoms with E-state index in [1.54, 1.807) is 18.0 Å². The van der Waals surface area contributed by atoms with Crippen LogP contribution in [0, 0.1) is 12.8 Å². The quantitative estimate of drug-likeness (QED) is 0.155. The highest BCUT2D eigenvalue weighted by molar-refractivity contribution is 5.90. The van der Waals surface area contributed by atoms with Crippen molar-refractivity contribution in [3.8, 4) is 22.8 Å². The van der Waals surface area contributed by atoms with Crippen molar-refractivity contribution in [2.75, 3.05) is 25.6 Å². The number of amides is 2. The Kier molecular flexibility index (Phi) is 10.0. The van der Waals surface area contributed by atoms with Crippen LogP contribution in [0.2, 0.25) is 0 Å². The number of urea groups is 1. The molecule has 0 saturated carbocycles. The van der Waals surface area contributed by atoms with Crippen molar-refractivity contribution in [2.24, 2.45) is 5.92 Å². The number of benzene rings is 3. The monoisotopic (exact) mass is 617 g/mol. The maximum absolute atomic E-state index is 13.4. The molecule has 3 aromatic carbocycles. The molecule has 0 aliphatic carbocycles. The molecule has 0 bridgehead atoms. The Morgan fingerprint density at radius 3 is 2.37 bits per heavy atom. The van der Waals surface area contributed by atoms with Crippen molar-refractivity contribution in [1.29, 1.82) is 0 Å². The van der Waals surface area contributed by atoms with E-state index < -0.39 is 0 Å². The number of carbonyl (C=O) groups is 1. The second-order valence-corrected chi connectivity index (χ2v) is 11.4. The van der Waals surface area contributed by atoms with Crippen LogP contribution < -0.4 is 15.4 Å². The molecule has 0 radical (unpaired) electrons. The van der Waals surface area contributed by atoms with Crippen LogP contribution in [0.3, 0.4) is 0 Å². The zero-order valence-electron chi connectivity index (χ0n) is 26.1. The minimum Gasteiger partial charge on any atom is -0.473 e. The van der Waals surface area contributed by atoms with E-state index >= 15 is 0 Å². The molecule has 2 amide bonds. The largest absolute Gasteiger partial charge is 0.473 e. The van der Waals surface area contributed by atoms with Gasteiger partial charge in [0.15, 0.2) is 0 Å². The van der Waals surface area contributed by atoms with Crippen molar-refractivity contribution in [3.63, 3.8) is 0 Å². The molecule has 5 aromatic rings. The van der Waals surface area contributed by atoms with Crippen molar-refractivity contribution < 1.29 is 19.0 Å². The lowest BCUT2D eigenvalue weighted by atomic mass is 9.93. The number of hydrogen-bond donors (Lipinski definition) is 2. The summed E-state index contributed by atoms with van der Waals surface area (Å²) in [5.74, 6) is 1.24. The zero-order chi connectivity index (χ0) is 31.7. The van der Waals surface area contributed by atoms with E-state index in [4.69, 9.17) is 19.3 Å². The maximum atomic E-state index is 13.4. The number of hydrogen-bond acceptors (Lipinski definition) is 6. The summed E-state index contributed by atoms with van der Waals surface area (Å²) in [5.41, 5.74) is 5.38. The van der Waals surface area contributed by atoms with Crippen LogP contribution in [0.15, 0.2) is 109 Å². The second kappa shape index (κ2) is 14.9. The van der Waals surface area contributed by atoms with Crippen LogP contribution in [0.4, 0.5) is 10.6 Å². The highest BCUT2D eigenvalue weighted by Crippen LogP contribution is 2.39. The molecule has 1 saturated heterocycles. The van der Waals surface area contributed by atoms with Gasteiger partial charge in [0.05, 0.1) is 23.6 Å². The molecule has 6 rings (SSSR count). The topological polar surface area (TPSA) is 99.5 Å².